The third-order valence-corrected chi connectivity index (χ3v) is 6.08. The first-order valence-corrected chi connectivity index (χ1v) is 11.1. The summed E-state index contributed by atoms with van der Waals surface area (Å²) >= 11 is 11.9. The highest BCUT2D eigenvalue weighted by molar-refractivity contribution is 6.30. The predicted octanol–water partition coefficient (Wildman–Crippen LogP) is 3.62. The van der Waals surface area contributed by atoms with E-state index in [0.29, 0.717) is 43.3 Å². The van der Waals surface area contributed by atoms with Gasteiger partial charge in [0.05, 0.1) is 12.6 Å². The number of amides is 2. The van der Waals surface area contributed by atoms with Crippen LogP contribution in [-0.2, 0) is 27.3 Å². The number of nitrogens with zero attached hydrogens (tertiary/aromatic N) is 1. The molecule has 0 spiro atoms. The first-order chi connectivity index (χ1) is 15.0. The van der Waals surface area contributed by atoms with Crippen LogP contribution in [0.4, 0.5) is 0 Å². The molecule has 1 saturated heterocycles. The summed E-state index contributed by atoms with van der Waals surface area (Å²) in [4.78, 5) is 26.9. The minimum atomic E-state index is -0.465. The molecule has 2 aliphatic heterocycles. The molecule has 2 heterocycles. The summed E-state index contributed by atoms with van der Waals surface area (Å²) in [5.41, 5.74) is 2.33. The third kappa shape index (κ3) is 5.70. The van der Waals surface area contributed by atoms with E-state index in [9.17, 15) is 9.59 Å². The van der Waals surface area contributed by atoms with E-state index >= 15 is 0 Å². The standard InChI is InChI=1S/C23H24Cl2N2O4/c24-17-3-6-20(7-4-17)30-14-22(28)26-19-5-8-21(31-13-19)23(29)27-10-9-15-11-18(25)2-1-16(15)12-27/h1-4,6-7,11,19,21H,5,8-10,12-14H2,(H,26,28)/t19-,21+/m0/s1. The average molecular weight is 463 g/mol. The summed E-state index contributed by atoms with van der Waals surface area (Å²) in [5, 5.41) is 4.24. The predicted molar refractivity (Wildman–Crippen MR) is 118 cm³/mol. The number of rotatable bonds is 5. The second-order valence-corrected chi connectivity index (χ2v) is 8.70. The highest BCUT2D eigenvalue weighted by atomic mass is 35.5. The zero-order valence-electron chi connectivity index (χ0n) is 17.0. The van der Waals surface area contributed by atoms with Crippen molar-refractivity contribution in [2.24, 2.45) is 0 Å². The van der Waals surface area contributed by atoms with E-state index in [1.807, 2.05) is 23.1 Å². The number of hydrogen-bond acceptors (Lipinski definition) is 4. The lowest BCUT2D eigenvalue weighted by Gasteiger charge is -2.35. The van der Waals surface area contributed by atoms with Crippen LogP contribution in [0.2, 0.25) is 10.0 Å². The molecule has 2 amide bonds. The molecular formula is C23H24Cl2N2O4. The second kappa shape index (κ2) is 9.90. The minimum absolute atomic E-state index is 0.0106. The summed E-state index contributed by atoms with van der Waals surface area (Å²) in [5.74, 6) is 0.367. The molecule has 0 bridgehead atoms. The molecule has 0 aliphatic carbocycles. The van der Waals surface area contributed by atoms with Gasteiger partial charge in [0.15, 0.2) is 6.61 Å². The van der Waals surface area contributed by atoms with Crippen LogP contribution in [-0.4, -0.2) is 48.6 Å². The fourth-order valence-electron chi connectivity index (χ4n) is 3.92. The largest absolute Gasteiger partial charge is 0.484 e. The van der Waals surface area contributed by atoms with E-state index in [1.54, 1.807) is 24.3 Å². The Kier molecular flexibility index (Phi) is 7.00. The van der Waals surface area contributed by atoms with E-state index in [4.69, 9.17) is 32.7 Å². The number of nitrogens with one attached hydrogen (secondary N) is 1. The number of hydrogen-bond donors (Lipinski definition) is 1. The Balaban J connectivity index is 1.21. The molecule has 0 radical (unpaired) electrons. The minimum Gasteiger partial charge on any atom is -0.484 e. The summed E-state index contributed by atoms with van der Waals surface area (Å²) < 4.78 is 11.3. The van der Waals surface area contributed by atoms with Gasteiger partial charge >= 0.3 is 0 Å². The van der Waals surface area contributed by atoms with Crippen molar-refractivity contribution >= 4 is 35.0 Å². The molecular weight excluding hydrogens is 439 g/mol. The zero-order chi connectivity index (χ0) is 21.8. The molecule has 0 unspecified atom stereocenters. The van der Waals surface area contributed by atoms with Crippen LogP contribution in [0, 0.1) is 0 Å². The normalized spacial score (nSPS) is 20.6. The first-order valence-electron chi connectivity index (χ1n) is 10.3. The van der Waals surface area contributed by atoms with Crippen LogP contribution in [0.5, 0.6) is 5.75 Å². The number of carbonyl (C=O) groups excluding carboxylic acids is 2. The molecule has 0 saturated carbocycles. The number of benzene rings is 2. The molecule has 164 valence electrons. The van der Waals surface area contributed by atoms with E-state index in [0.717, 1.165) is 17.0 Å². The van der Waals surface area contributed by atoms with Crippen molar-refractivity contribution in [3.8, 4) is 5.75 Å². The first kappa shape index (κ1) is 21.9. The molecule has 6 nitrogen and oxygen atoms in total. The maximum Gasteiger partial charge on any atom is 0.258 e. The molecule has 2 aliphatic rings. The molecule has 2 aromatic carbocycles. The van der Waals surface area contributed by atoms with Crippen LogP contribution in [0.15, 0.2) is 42.5 Å². The Hall–Kier alpha value is -2.28. The maximum atomic E-state index is 12.9. The second-order valence-electron chi connectivity index (χ2n) is 7.83. The van der Waals surface area contributed by atoms with Crippen molar-refractivity contribution in [3.05, 3.63) is 63.6 Å². The Labute approximate surface area is 191 Å². The maximum absolute atomic E-state index is 12.9. The van der Waals surface area contributed by atoms with Gasteiger partial charge in [0.25, 0.3) is 11.8 Å². The summed E-state index contributed by atoms with van der Waals surface area (Å²) in [6.07, 6.45) is 1.59. The quantitative estimate of drug-likeness (QED) is 0.736. The van der Waals surface area contributed by atoms with Crippen LogP contribution in [0.3, 0.4) is 0 Å². The monoisotopic (exact) mass is 462 g/mol. The van der Waals surface area contributed by atoms with Gasteiger partial charge in [-0.2, -0.15) is 0 Å². The highest BCUT2D eigenvalue weighted by Gasteiger charge is 2.32. The van der Waals surface area contributed by atoms with Crippen LogP contribution in [0.25, 0.3) is 0 Å². The molecule has 1 fully saturated rings. The SMILES string of the molecule is O=C(COc1ccc(Cl)cc1)N[C@H]1CC[C@H](C(=O)N2CCc3cc(Cl)ccc3C2)OC1. The Morgan fingerprint density at radius 3 is 2.58 bits per heavy atom. The zero-order valence-corrected chi connectivity index (χ0v) is 18.5. The Morgan fingerprint density at radius 1 is 1.06 bits per heavy atom. The fourth-order valence-corrected chi connectivity index (χ4v) is 4.24. The average Bonchev–Trinajstić information content (AvgIpc) is 2.78. The molecule has 4 rings (SSSR count). The summed E-state index contributed by atoms with van der Waals surface area (Å²) in [7, 11) is 0. The number of carbonyl (C=O) groups is 2. The third-order valence-electron chi connectivity index (χ3n) is 5.59. The molecule has 2 atom stereocenters. The van der Waals surface area contributed by atoms with Crippen LogP contribution in [0.1, 0.15) is 24.0 Å². The summed E-state index contributed by atoms with van der Waals surface area (Å²) in [6, 6.07) is 12.5. The van der Waals surface area contributed by atoms with Crippen molar-refractivity contribution < 1.29 is 19.1 Å². The molecule has 2 aromatic rings. The van der Waals surface area contributed by atoms with Gasteiger partial charge in [0, 0.05) is 23.1 Å². The van der Waals surface area contributed by atoms with Gasteiger partial charge in [-0.3, -0.25) is 9.59 Å². The Bertz CT molecular complexity index is 943. The van der Waals surface area contributed by atoms with E-state index in [1.165, 1.54) is 5.56 Å². The van der Waals surface area contributed by atoms with E-state index in [2.05, 4.69) is 5.32 Å². The van der Waals surface area contributed by atoms with Crippen LogP contribution >= 0.6 is 23.2 Å². The number of halogens is 2. The summed E-state index contributed by atoms with van der Waals surface area (Å²) in [6.45, 7) is 1.46. The van der Waals surface area contributed by atoms with Gasteiger partial charge < -0.3 is 19.7 Å². The number of fused-ring (bicyclic) bond motifs is 1. The lowest BCUT2D eigenvalue weighted by atomic mass is 9.98. The highest BCUT2D eigenvalue weighted by Crippen LogP contribution is 2.25. The van der Waals surface area contributed by atoms with Gasteiger partial charge in [-0.15, -0.1) is 0 Å². The van der Waals surface area contributed by atoms with Crippen molar-refractivity contribution in [1.82, 2.24) is 10.2 Å². The van der Waals surface area contributed by atoms with E-state index in [-0.39, 0.29) is 24.5 Å². The lowest BCUT2D eigenvalue weighted by Crippen LogP contribution is -2.49. The van der Waals surface area contributed by atoms with Gasteiger partial charge in [-0.25, -0.2) is 0 Å². The smallest absolute Gasteiger partial charge is 0.258 e. The van der Waals surface area contributed by atoms with Crippen LogP contribution < -0.4 is 10.1 Å². The Morgan fingerprint density at radius 2 is 1.84 bits per heavy atom. The molecule has 8 heteroatoms. The van der Waals surface area contributed by atoms with Gasteiger partial charge in [0.1, 0.15) is 11.9 Å². The lowest BCUT2D eigenvalue weighted by molar-refractivity contribution is -0.148. The van der Waals surface area contributed by atoms with Crippen molar-refractivity contribution in [3.63, 3.8) is 0 Å². The molecule has 0 aromatic heterocycles. The fraction of sp³-hybridized carbons (Fsp3) is 0.391. The van der Waals surface area contributed by atoms with Gasteiger partial charge in [-0.05, 0) is 66.8 Å². The van der Waals surface area contributed by atoms with E-state index < -0.39 is 6.10 Å². The molecule has 1 N–H and O–H groups in total. The van der Waals surface area contributed by atoms with Crippen molar-refractivity contribution in [2.45, 2.75) is 38.0 Å². The topological polar surface area (TPSA) is 67.9 Å². The van der Waals surface area contributed by atoms with Crippen molar-refractivity contribution in [2.75, 3.05) is 19.8 Å². The van der Waals surface area contributed by atoms with Crippen molar-refractivity contribution in [1.29, 1.82) is 0 Å². The number of ether oxygens (including phenoxy) is 2. The molecule has 31 heavy (non-hydrogen) atoms. The van der Waals surface area contributed by atoms with Gasteiger partial charge in [-0.1, -0.05) is 29.3 Å². The van der Waals surface area contributed by atoms with Gasteiger partial charge in [0.2, 0.25) is 0 Å².